The van der Waals surface area contributed by atoms with E-state index in [1.165, 1.54) is 6.92 Å². The number of carbonyl (C=O) groups excluding carboxylic acids is 1. The number of hydrogen-bond donors (Lipinski definition) is 1. The highest BCUT2D eigenvalue weighted by atomic mass is 16.3. The lowest BCUT2D eigenvalue weighted by Crippen LogP contribution is -2.06. The summed E-state index contributed by atoms with van der Waals surface area (Å²) in [5.41, 5.74) is 5.19. The maximum Gasteiger partial charge on any atom is 0.221 e. The lowest BCUT2D eigenvalue weighted by molar-refractivity contribution is -0.114. The van der Waals surface area contributed by atoms with Crippen LogP contribution < -0.4 is 5.32 Å². The molecule has 0 atom stereocenters. The van der Waals surface area contributed by atoms with Gasteiger partial charge in [-0.3, -0.25) is 9.36 Å². The highest BCUT2D eigenvalue weighted by Gasteiger charge is 2.12. The lowest BCUT2D eigenvalue weighted by atomic mass is 10.1. The van der Waals surface area contributed by atoms with Gasteiger partial charge in [0.2, 0.25) is 5.91 Å². The van der Waals surface area contributed by atoms with Gasteiger partial charge in [-0.2, -0.15) is 5.10 Å². The zero-order chi connectivity index (χ0) is 20.7. The Balaban J connectivity index is 1.63. The maximum atomic E-state index is 11.7. The predicted molar refractivity (Wildman–Crippen MR) is 115 cm³/mol. The van der Waals surface area contributed by atoms with Gasteiger partial charge >= 0.3 is 0 Å². The number of amides is 1. The Hall–Kier alpha value is -4.13. The Morgan fingerprint density at radius 2 is 1.97 bits per heavy atom. The first-order valence-corrected chi connectivity index (χ1v) is 9.54. The number of furan rings is 1. The third-order valence-corrected chi connectivity index (χ3v) is 4.84. The summed E-state index contributed by atoms with van der Waals surface area (Å²) in [7, 11) is 0. The minimum atomic E-state index is -0.131. The van der Waals surface area contributed by atoms with E-state index in [1.54, 1.807) is 17.2 Å². The molecule has 2 aromatic carbocycles. The first-order valence-electron chi connectivity index (χ1n) is 9.54. The molecule has 1 N–H and O–H groups in total. The number of aromatic nitrogens is 4. The molecule has 5 rings (SSSR count). The van der Waals surface area contributed by atoms with Crippen LogP contribution in [0.1, 0.15) is 12.7 Å². The van der Waals surface area contributed by atoms with E-state index in [9.17, 15) is 4.79 Å². The van der Waals surface area contributed by atoms with Crippen molar-refractivity contribution in [2.45, 2.75) is 13.8 Å². The maximum absolute atomic E-state index is 11.7. The van der Waals surface area contributed by atoms with E-state index in [0.29, 0.717) is 5.69 Å². The fourth-order valence-corrected chi connectivity index (χ4v) is 3.53. The van der Waals surface area contributed by atoms with Crippen LogP contribution in [0.5, 0.6) is 0 Å². The fraction of sp³-hybridized carbons (Fsp3) is 0.0870. The van der Waals surface area contributed by atoms with Crippen molar-refractivity contribution < 1.29 is 9.21 Å². The van der Waals surface area contributed by atoms with Gasteiger partial charge in [-0.1, -0.05) is 0 Å². The topological polar surface area (TPSA) is 77.9 Å². The van der Waals surface area contributed by atoms with E-state index < -0.39 is 0 Å². The van der Waals surface area contributed by atoms with Crippen molar-refractivity contribution in [2.75, 3.05) is 5.32 Å². The summed E-state index contributed by atoms with van der Waals surface area (Å²) >= 11 is 0. The van der Waals surface area contributed by atoms with Crippen LogP contribution >= 0.6 is 0 Å². The molecular formula is C23H19N5O2. The number of aryl methyl sites for hydroxylation is 1. The molecule has 0 radical (unpaired) electrons. The molecule has 0 aliphatic heterocycles. The fourth-order valence-electron chi connectivity index (χ4n) is 3.53. The Labute approximate surface area is 172 Å². The average Bonchev–Trinajstić information content (AvgIpc) is 3.47. The summed E-state index contributed by atoms with van der Waals surface area (Å²) in [6, 6.07) is 17.6. The Bertz CT molecular complexity index is 1360. The van der Waals surface area contributed by atoms with Crippen LogP contribution in [0.15, 0.2) is 77.7 Å². The number of nitrogens with zero attached hydrogens (tertiary/aromatic N) is 4. The molecular weight excluding hydrogens is 378 g/mol. The minimum absolute atomic E-state index is 0.131. The summed E-state index contributed by atoms with van der Waals surface area (Å²) in [5.74, 6) is 1.44. The number of imidazole rings is 1. The molecule has 0 saturated heterocycles. The number of rotatable bonds is 4. The molecule has 0 aliphatic carbocycles. The third kappa shape index (κ3) is 3.26. The van der Waals surface area contributed by atoms with Gasteiger partial charge in [-0.05, 0) is 61.5 Å². The Morgan fingerprint density at radius 3 is 2.70 bits per heavy atom. The first-order chi connectivity index (χ1) is 14.6. The second-order valence-electron chi connectivity index (χ2n) is 7.10. The predicted octanol–water partition coefficient (Wildman–Crippen LogP) is 4.74. The largest absolute Gasteiger partial charge is 0.461 e. The van der Waals surface area contributed by atoms with E-state index in [-0.39, 0.29) is 5.91 Å². The van der Waals surface area contributed by atoms with Crippen LogP contribution in [0.4, 0.5) is 5.69 Å². The van der Waals surface area contributed by atoms with Gasteiger partial charge in [0.15, 0.2) is 0 Å². The van der Waals surface area contributed by atoms with Gasteiger partial charge in [-0.15, -0.1) is 0 Å². The van der Waals surface area contributed by atoms with Gasteiger partial charge in [0.05, 0.1) is 16.7 Å². The van der Waals surface area contributed by atoms with Gasteiger partial charge < -0.3 is 9.73 Å². The lowest BCUT2D eigenvalue weighted by Gasteiger charge is -2.11. The molecule has 3 heterocycles. The molecule has 0 aliphatic rings. The number of anilines is 1. The van der Waals surface area contributed by atoms with Gasteiger partial charge in [0.25, 0.3) is 0 Å². The summed E-state index contributed by atoms with van der Waals surface area (Å²) in [4.78, 5) is 16.2. The summed E-state index contributed by atoms with van der Waals surface area (Å²) in [5, 5.41) is 7.15. The van der Waals surface area contributed by atoms with Crippen molar-refractivity contribution >= 4 is 22.6 Å². The second kappa shape index (κ2) is 7.04. The van der Waals surface area contributed by atoms with Crippen LogP contribution in [-0.4, -0.2) is 25.2 Å². The number of fused-ring (bicyclic) bond motifs is 1. The highest BCUT2D eigenvalue weighted by molar-refractivity contribution is 5.90. The van der Waals surface area contributed by atoms with Gasteiger partial charge in [0.1, 0.15) is 17.8 Å². The van der Waals surface area contributed by atoms with Crippen molar-refractivity contribution in [1.29, 1.82) is 0 Å². The Kier molecular flexibility index (Phi) is 4.21. The molecule has 5 aromatic rings. The standard InChI is InChI=1S/C23H19N5O2/c1-15-4-7-23(30-15)17-10-18(26-16(2)29)12-20(11-17)27-14-24-21-13-19(5-6-22(21)27)28-9-3-8-25-28/h3-14H,1-2H3,(H,26,29). The molecule has 0 fully saturated rings. The first kappa shape index (κ1) is 17.9. The van der Waals surface area contributed by atoms with Crippen molar-refractivity contribution in [1.82, 2.24) is 19.3 Å². The van der Waals surface area contributed by atoms with Crippen LogP contribution in [0.2, 0.25) is 0 Å². The smallest absolute Gasteiger partial charge is 0.221 e. The molecule has 1 amide bonds. The van der Waals surface area contributed by atoms with Crippen LogP contribution in [0.3, 0.4) is 0 Å². The summed E-state index contributed by atoms with van der Waals surface area (Å²) < 4.78 is 9.59. The molecule has 0 spiro atoms. The van der Waals surface area contributed by atoms with Crippen molar-refractivity contribution in [3.05, 3.63) is 79.1 Å². The molecule has 3 aromatic heterocycles. The molecule has 148 valence electrons. The zero-order valence-corrected chi connectivity index (χ0v) is 16.5. The molecule has 0 bridgehead atoms. The normalized spacial score (nSPS) is 11.1. The van der Waals surface area contributed by atoms with Crippen LogP contribution in [0.25, 0.3) is 33.7 Å². The third-order valence-electron chi connectivity index (χ3n) is 4.84. The Morgan fingerprint density at radius 1 is 1.07 bits per heavy atom. The molecule has 7 heteroatoms. The van der Waals surface area contributed by atoms with E-state index in [4.69, 9.17) is 4.42 Å². The van der Waals surface area contributed by atoms with E-state index in [1.807, 2.05) is 72.3 Å². The monoisotopic (exact) mass is 397 g/mol. The zero-order valence-electron chi connectivity index (χ0n) is 16.5. The quantitative estimate of drug-likeness (QED) is 0.475. The number of benzene rings is 2. The highest BCUT2D eigenvalue weighted by Crippen LogP contribution is 2.30. The van der Waals surface area contributed by atoms with E-state index in [0.717, 1.165) is 39.5 Å². The number of nitrogens with one attached hydrogen (secondary N) is 1. The van der Waals surface area contributed by atoms with Crippen molar-refractivity contribution in [3.8, 4) is 22.7 Å². The SMILES string of the molecule is CC(=O)Nc1cc(-c2ccc(C)o2)cc(-n2cnc3cc(-n4cccn4)ccc32)c1. The minimum Gasteiger partial charge on any atom is -0.461 e. The summed E-state index contributed by atoms with van der Waals surface area (Å²) in [6.45, 7) is 3.40. The number of carbonyl (C=O) groups is 1. The molecule has 7 nitrogen and oxygen atoms in total. The van der Waals surface area contributed by atoms with Gasteiger partial charge in [-0.25, -0.2) is 9.67 Å². The van der Waals surface area contributed by atoms with E-state index in [2.05, 4.69) is 15.4 Å². The van der Waals surface area contributed by atoms with Crippen molar-refractivity contribution in [3.63, 3.8) is 0 Å². The molecule has 0 unspecified atom stereocenters. The van der Waals surface area contributed by atoms with Crippen molar-refractivity contribution in [2.24, 2.45) is 0 Å². The van der Waals surface area contributed by atoms with Gasteiger partial charge in [0, 0.05) is 36.3 Å². The molecule has 0 saturated carbocycles. The van der Waals surface area contributed by atoms with E-state index >= 15 is 0 Å². The number of hydrogen-bond acceptors (Lipinski definition) is 4. The molecule has 30 heavy (non-hydrogen) atoms. The summed E-state index contributed by atoms with van der Waals surface area (Å²) in [6.07, 6.45) is 5.42. The average molecular weight is 397 g/mol. The second-order valence-corrected chi connectivity index (χ2v) is 7.10. The van der Waals surface area contributed by atoms with Crippen LogP contribution in [0, 0.1) is 6.92 Å². The van der Waals surface area contributed by atoms with Crippen LogP contribution in [-0.2, 0) is 4.79 Å².